The normalized spacial score (nSPS) is 27.0. The fourth-order valence-electron chi connectivity index (χ4n) is 3.00. The van der Waals surface area contributed by atoms with Crippen molar-refractivity contribution >= 4 is 5.69 Å². The number of piperidine rings is 1. The van der Waals surface area contributed by atoms with Crippen molar-refractivity contribution in [2.75, 3.05) is 18.0 Å². The second kappa shape index (κ2) is 6.22. The van der Waals surface area contributed by atoms with Gasteiger partial charge in [0.15, 0.2) is 0 Å². The lowest BCUT2D eigenvalue weighted by atomic mass is 9.86. The first-order valence-corrected chi connectivity index (χ1v) is 7.38. The molecule has 0 saturated carbocycles. The van der Waals surface area contributed by atoms with Crippen LogP contribution in [0.4, 0.5) is 18.9 Å². The molecule has 0 amide bonds. The van der Waals surface area contributed by atoms with E-state index in [2.05, 4.69) is 36.0 Å². The number of rotatable bonds is 3. The van der Waals surface area contributed by atoms with Gasteiger partial charge in [0.25, 0.3) is 0 Å². The molecule has 6 heteroatoms. The van der Waals surface area contributed by atoms with Crippen molar-refractivity contribution in [2.45, 2.75) is 45.5 Å². The van der Waals surface area contributed by atoms with Gasteiger partial charge in [0, 0.05) is 18.6 Å². The summed E-state index contributed by atoms with van der Waals surface area (Å²) in [5, 5.41) is 3.47. The Hall–Kier alpha value is -1.30. The standard InChI is InChI=1S/C15H22F3N3/c1-4-19-13-7-8-21(11(3)10(13)2)12-5-6-14(20-9-12)15(16,17)18/h5-6,9-11,13,19H,4,7-8H2,1-3H3. The van der Waals surface area contributed by atoms with Crippen LogP contribution in [0.1, 0.15) is 32.9 Å². The van der Waals surface area contributed by atoms with Crippen LogP contribution in [0.5, 0.6) is 0 Å². The van der Waals surface area contributed by atoms with Gasteiger partial charge >= 0.3 is 6.18 Å². The Morgan fingerprint density at radius 2 is 2.05 bits per heavy atom. The van der Waals surface area contributed by atoms with E-state index in [9.17, 15) is 13.2 Å². The highest BCUT2D eigenvalue weighted by atomic mass is 19.4. The molecule has 3 atom stereocenters. The van der Waals surface area contributed by atoms with Crippen LogP contribution >= 0.6 is 0 Å². The number of pyridine rings is 1. The van der Waals surface area contributed by atoms with Crippen molar-refractivity contribution in [3.8, 4) is 0 Å². The third-order valence-electron chi connectivity index (χ3n) is 4.40. The van der Waals surface area contributed by atoms with Crippen LogP contribution in [0.2, 0.25) is 0 Å². The molecule has 1 fully saturated rings. The molecule has 0 aromatic carbocycles. The van der Waals surface area contributed by atoms with Crippen LogP contribution in [0.15, 0.2) is 18.3 Å². The van der Waals surface area contributed by atoms with Crippen LogP contribution in [0.25, 0.3) is 0 Å². The maximum absolute atomic E-state index is 12.6. The first-order chi connectivity index (χ1) is 9.84. The first-order valence-electron chi connectivity index (χ1n) is 7.38. The fraction of sp³-hybridized carbons (Fsp3) is 0.667. The lowest BCUT2D eigenvalue weighted by Crippen LogP contribution is -2.53. The van der Waals surface area contributed by atoms with E-state index in [1.165, 1.54) is 12.3 Å². The first kappa shape index (κ1) is 16.1. The zero-order chi connectivity index (χ0) is 15.6. The Kier molecular flexibility index (Phi) is 4.76. The zero-order valence-corrected chi connectivity index (χ0v) is 12.6. The molecular formula is C15H22F3N3. The zero-order valence-electron chi connectivity index (χ0n) is 12.6. The monoisotopic (exact) mass is 301 g/mol. The van der Waals surface area contributed by atoms with Gasteiger partial charge in [-0.15, -0.1) is 0 Å². The third-order valence-corrected chi connectivity index (χ3v) is 4.40. The summed E-state index contributed by atoms with van der Waals surface area (Å²) < 4.78 is 37.7. The largest absolute Gasteiger partial charge is 0.433 e. The molecule has 0 radical (unpaired) electrons. The number of halogens is 3. The summed E-state index contributed by atoms with van der Waals surface area (Å²) >= 11 is 0. The van der Waals surface area contributed by atoms with Crippen molar-refractivity contribution in [1.29, 1.82) is 0 Å². The summed E-state index contributed by atoms with van der Waals surface area (Å²) in [6.07, 6.45) is -2.06. The summed E-state index contributed by atoms with van der Waals surface area (Å²) in [6.45, 7) is 8.15. The average Bonchev–Trinajstić information content (AvgIpc) is 2.44. The molecular weight excluding hydrogens is 279 g/mol. The van der Waals surface area contributed by atoms with E-state index >= 15 is 0 Å². The summed E-state index contributed by atoms with van der Waals surface area (Å²) in [5.74, 6) is 0.431. The van der Waals surface area contributed by atoms with Gasteiger partial charge in [-0.25, -0.2) is 4.98 Å². The van der Waals surface area contributed by atoms with Gasteiger partial charge in [0.2, 0.25) is 0 Å². The molecule has 1 N–H and O–H groups in total. The molecule has 1 aliphatic rings. The van der Waals surface area contributed by atoms with Crippen LogP contribution < -0.4 is 10.2 Å². The molecule has 1 aliphatic heterocycles. The molecule has 3 unspecified atom stereocenters. The highest BCUT2D eigenvalue weighted by Crippen LogP contribution is 2.31. The van der Waals surface area contributed by atoms with E-state index in [1.54, 1.807) is 0 Å². The summed E-state index contributed by atoms with van der Waals surface area (Å²) in [5.41, 5.74) is -0.0771. The number of anilines is 1. The Morgan fingerprint density at radius 3 is 2.57 bits per heavy atom. The molecule has 0 spiro atoms. The molecule has 1 aromatic rings. The van der Waals surface area contributed by atoms with Crippen LogP contribution in [0.3, 0.4) is 0 Å². The maximum Gasteiger partial charge on any atom is 0.433 e. The Morgan fingerprint density at radius 1 is 1.33 bits per heavy atom. The topological polar surface area (TPSA) is 28.2 Å². The minimum atomic E-state index is -4.38. The Balaban J connectivity index is 2.12. The van der Waals surface area contributed by atoms with Crippen molar-refractivity contribution in [1.82, 2.24) is 10.3 Å². The van der Waals surface area contributed by atoms with Crippen LogP contribution in [0, 0.1) is 5.92 Å². The molecule has 1 aromatic heterocycles. The number of alkyl halides is 3. The predicted molar refractivity (Wildman–Crippen MR) is 77.3 cm³/mol. The average molecular weight is 301 g/mol. The Bertz CT molecular complexity index is 458. The molecule has 3 nitrogen and oxygen atoms in total. The van der Waals surface area contributed by atoms with E-state index < -0.39 is 11.9 Å². The van der Waals surface area contributed by atoms with E-state index in [0.29, 0.717) is 12.0 Å². The highest BCUT2D eigenvalue weighted by Gasteiger charge is 2.34. The van der Waals surface area contributed by atoms with E-state index in [0.717, 1.165) is 31.3 Å². The van der Waals surface area contributed by atoms with Gasteiger partial charge in [-0.05, 0) is 37.9 Å². The molecule has 0 bridgehead atoms. The van der Waals surface area contributed by atoms with Crippen LogP contribution in [-0.2, 0) is 6.18 Å². The van der Waals surface area contributed by atoms with Crippen molar-refractivity contribution in [3.63, 3.8) is 0 Å². The number of nitrogens with one attached hydrogen (secondary N) is 1. The third kappa shape index (κ3) is 3.48. The predicted octanol–water partition coefficient (Wildman–Crippen LogP) is 3.31. The SMILES string of the molecule is CCNC1CCN(c2ccc(C(F)(F)F)nc2)C(C)C1C. The van der Waals surface area contributed by atoms with Gasteiger partial charge in [0.1, 0.15) is 5.69 Å². The van der Waals surface area contributed by atoms with E-state index in [1.807, 2.05) is 0 Å². The maximum atomic E-state index is 12.6. The molecule has 1 saturated heterocycles. The smallest absolute Gasteiger partial charge is 0.367 e. The minimum absolute atomic E-state index is 0.265. The molecule has 0 aliphatic carbocycles. The van der Waals surface area contributed by atoms with Gasteiger partial charge in [-0.3, -0.25) is 0 Å². The number of aromatic nitrogens is 1. The minimum Gasteiger partial charge on any atom is -0.367 e. The Labute approximate surface area is 123 Å². The lowest BCUT2D eigenvalue weighted by molar-refractivity contribution is -0.141. The van der Waals surface area contributed by atoms with Gasteiger partial charge in [-0.2, -0.15) is 13.2 Å². The molecule has 21 heavy (non-hydrogen) atoms. The molecule has 118 valence electrons. The van der Waals surface area contributed by atoms with Gasteiger partial charge in [-0.1, -0.05) is 13.8 Å². The quantitative estimate of drug-likeness (QED) is 0.928. The van der Waals surface area contributed by atoms with E-state index in [4.69, 9.17) is 0 Å². The van der Waals surface area contributed by atoms with Crippen LogP contribution in [-0.4, -0.2) is 30.2 Å². The molecule has 2 rings (SSSR count). The van der Waals surface area contributed by atoms with E-state index in [-0.39, 0.29) is 6.04 Å². The number of nitrogens with zero attached hydrogens (tertiary/aromatic N) is 2. The van der Waals surface area contributed by atoms with Gasteiger partial charge in [0.05, 0.1) is 11.9 Å². The van der Waals surface area contributed by atoms with Gasteiger partial charge < -0.3 is 10.2 Å². The summed E-state index contributed by atoms with van der Waals surface area (Å²) in [4.78, 5) is 5.70. The highest BCUT2D eigenvalue weighted by molar-refractivity contribution is 5.46. The van der Waals surface area contributed by atoms with Crippen molar-refractivity contribution in [3.05, 3.63) is 24.0 Å². The van der Waals surface area contributed by atoms with Crippen molar-refractivity contribution in [2.24, 2.45) is 5.92 Å². The summed E-state index contributed by atoms with van der Waals surface area (Å²) in [6, 6.07) is 3.31. The number of hydrogen-bond acceptors (Lipinski definition) is 3. The number of hydrogen-bond donors (Lipinski definition) is 1. The summed E-state index contributed by atoms with van der Waals surface area (Å²) in [7, 11) is 0. The second-order valence-electron chi connectivity index (χ2n) is 5.65. The second-order valence-corrected chi connectivity index (χ2v) is 5.65. The fourth-order valence-corrected chi connectivity index (χ4v) is 3.00. The van der Waals surface area contributed by atoms with Crippen molar-refractivity contribution < 1.29 is 13.2 Å². The molecule has 2 heterocycles. The lowest BCUT2D eigenvalue weighted by Gasteiger charge is -2.44.